The highest BCUT2D eigenvalue weighted by atomic mass is 16.1. The van der Waals surface area contributed by atoms with Crippen LogP contribution in [0.2, 0.25) is 0 Å². The Morgan fingerprint density at radius 1 is 1.75 bits per heavy atom. The zero-order chi connectivity index (χ0) is 6.41. The zero-order valence-electron chi connectivity index (χ0n) is 4.90. The van der Waals surface area contributed by atoms with E-state index in [-0.39, 0.29) is 5.92 Å². The standard InChI is InChI=1S/C6H9NO/c1-2-6(5-8)3-4-7/h6-7H,2-3H2,1H3. The van der Waals surface area contributed by atoms with E-state index < -0.39 is 0 Å². The Morgan fingerprint density at radius 3 is 2.50 bits per heavy atom. The number of hydrogen-bond donors (Lipinski definition) is 1. The summed E-state index contributed by atoms with van der Waals surface area (Å²) < 4.78 is 0. The highest BCUT2D eigenvalue weighted by Crippen LogP contribution is 2.00. The van der Waals surface area contributed by atoms with Crippen molar-refractivity contribution in [2.24, 2.45) is 5.92 Å². The first-order chi connectivity index (χ1) is 3.85. The molecule has 0 heterocycles. The van der Waals surface area contributed by atoms with Gasteiger partial charge in [-0.1, -0.05) is 6.92 Å². The first-order valence-corrected chi connectivity index (χ1v) is 2.62. The molecular weight excluding hydrogens is 102 g/mol. The Bertz CT molecular complexity index is 80.6. The van der Waals surface area contributed by atoms with E-state index in [9.17, 15) is 4.79 Å². The number of rotatable bonds is 4. The van der Waals surface area contributed by atoms with Gasteiger partial charge in [0.25, 0.3) is 0 Å². The molecule has 0 aromatic heterocycles. The van der Waals surface area contributed by atoms with Crippen molar-refractivity contribution in [1.29, 1.82) is 5.41 Å². The molecule has 2 heteroatoms. The van der Waals surface area contributed by atoms with Gasteiger partial charge in [0.05, 0.1) is 6.21 Å². The van der Waals surface area contributed by atoms with Gasteiger partial charge in [0.15, 0.2) is 0 Å². The first kappa shape index (κ1) is 7.34. The van der Waals surface area contributed by atoms with Crippen LogP contribution in [0, 0.1) is 11.3 Å². The van der Waals surface area contributed by atoms with Crippen LogP contribution < -0.4 is 0 Å². The fourth-order valence-electron chi connectivity index (χ4n) is 0.393. The van der Waals surface area contributed by atoms with Crippen molar-refractivity contribution < 1.29 is 4.79 Å². The van der Waals surface area contributed by atoms with Gasteiger partial charge < -0.3 is 5.41 Å². The van der Waals surface area contributed by atoms with E-state index >= 15 is 0 Å². The van der Waals surface area contributed by atoms with Gasteiger partial charge in [0.1, 0.15) is 0 Å². The highest BCUT2D eigenvalue weighted by Gasteiger charge is 2.01. The molecule has 0 amide bonds. The molecule has 2 nitrogen and oxygen atoms in total. The van der Waals surface area contributed by atoms with Crippen LogP contribution in [0.5, 0.6) is 0 Å². The molecule has 44 valence electrons. The summed E-state index contributed by atoms with van der Waals surface area (Å²) in [7, 11) is 0. The summed E-state index contributed by atoms with van der Waals surface area (Å²) in [5.74, 6) is -0.104. The van der Waals surface area contributed by atoms with Crippen LogP contribution in [0.1, 0.15) is 19.8 Å². The summed E-state index contributed by atoms with van der Waals surface area (Å²) in [5, 5.41) is 6.51. The summed E-state index contributed by atoms with van der Waals surface area (Å²) >= 11 is 0. The molecule has 2 radical (unpaired) electrons. The Balaban J connectivity index is 3.35. The summed E-state index contributed by atoms with van der Waals surface area (Å²) in [6.45, 7) is 1.90. The predicted octanol–water partition coefficient (Wildman–Crippen LogP) is 1.04. The predicted molar refractivity (Wildman–Crippen MR) is 31.8 cm³/mol. The Labute approximate surface area is 49.4 Å². The monoisotopic (exact) mass is 111 g/mol. The Morgan fingerprint density at radius 2 is 2.38 bits per heavy atom. The normalized spacial score (nSPS) is 12.6. The van der Waals surface area contributed by atoms with Crippen LogP contribution in [0.4, 0.5) is 0 Å². The third-order valence-corrected chi connectivity index (χ3v) is 1.01. The number of carbonyl (C=O) groups excluding carboxylic acids is 1. The Kier molecular flexibility index (Phi) is 4.13. The number of hydrogen-bond acceptors (Lipinski definition) is 2. The summed E-state index contributed by atoms with van der Waals surface area (Å²) in [6, 6.07) is 0. The lowest BCUT2D eigenvalue weighted by molar-refractivity contribution is 0.519. The smallest absolute Gasteiger partial charge is 0.202 e. The first-order valence-electron chi connectivity index (χ1n) is 2.62. The molecular formula is C6H9NO. The van der Waals surface area contributed by atoms with Crippen molar-refractivity contribution in [3.05, 3.63) is 0 Å². The maximum Gasteiger partial charge on any atom is 0.202 e. The van der Waals surface area contributed by atoms with Crippen molar-refractivity contribution in [2.75, 3.05) is 0 Å². The second kappa shape index (κ2) is 4.50. The van der Waals surface area contributed by atoms with E-state index in [1.807, 2.05) is 13.2 Å². The molecule has 0 aliphatic carbocycles. The minimum atomic E-state index is -0.104. The van der Waals surface area contributed by atoms with E-state index in [1.165, 1.54) is 0 Å². The molecule has 1 atom stereocenters. The van der Waals surface area contributed by atoms with Crippen molar-refractivity contribution in [3.8, 4) is 0 Å². The van der Waals surface area contributed by atoms with E-state index in [1.54, 1.807) is 0 Å². The van der Waals surface area contributed by atoms with E-state index in [0.717, 1.165) is 6.42 Å². The lowest BCUT2D eigenvalue weighted by atomic mass is 10.1. The van der Waals surface area contributed by atoms with Crippen LogP contribution >= 0.6 is 0 Å². The van der Waals surface area contributed by atoms with Crippen molar-refractivity contribution in [1.82, 2.24) is 0 Å². The lowest BCUT2D eigenvalue weighted by Gasteiger charge is -1.96. The number of nitrogens with one attached hydrogen (secondary N) is 1. The second-order valence-corrected chi connectivity index (χ2v) is 1.60. The quantitative estimate of drug-likeness (QED) is 0.541. The molecule has 0 aromatic rings. The van der Waals surface area contributed by atoms with Crippen molar-refractivity contribution in [3.63, 3.8) is 0 Å². The third kappa shape index (κ3) is 2.50. The average Bonchev–Trinajstić information content (AvgIpc) is 1.83. The van der Waals surface area contributed by atoms with Gasteiger partial charge >= 0.3 is 0 Å². The molecule has 0 bridgehead atoms. The fourth-order valence-corrected chi connectivity index (χ4v) is 0.393. The lowest BCUT2D eigenvalue weighted by Crippen LogP contribution is -1.99. The molecule has 0 aromatic carbocycles. The van der Waals surface area contributed by atoms with Crippen LogP contribution in [-0.2, 0) is 4.79 Å². The van der Waals surface area contributed by atoms with E-state index in [4.69, 9.17) is 5.41 Å². The van der Waals surface area contributed by atoms with Crippen LogP contribution in [0.25, 0.3) is 0 Å². The molecule has 1 unspecified atom stereocenters. The molecule has 0 aliphatic heterocycles. The molecule has 0 saturated heterocycles. The second-order valence-electron chi connectivity index (χ2n) is 1.60. The SMILES string of the molecule is CCC([C]=O)C[C]=N. The van der Waals surface area contributed by atoms with Crippen LogP contribution in [0.3, 0.4) is 0 Å². The summed E-state index contributed by atoms with van der Waals surface area (Å²) in [6.07, 6.45) is 5.15. The molecule has 1 N–H and O–H groups in total. The van der Waals surface area contributed by atoms with Crippen molar-refractivity contribution in [2.45, 2.75) is 19.8 Å². The topological polar surface area (TPSA) is 40.9 Å². The maximum absolute atomic E-state index is 9.88. The molecule has 0 spiro atoms. The van der Waals surface area contributed by atoms with Gasteiger partial charge in [-0.2, -0.15) is 0 Å². The van der Waals surface area contributed by atoms with Crippen LogP contribution in [-0.4, -0.2) is 12.5 Å². The molecule has 0 saturated carbocycles. The van der Waals surface area contributed by atoms with Gasteiger partial charge in [-0.25, -0.2) is 0 Å². The third-order valence-electron chi connectivity index (χ3n) is 1.01. The summed E-state index contributed by atoms with van der Waals surface area (Å²) in [5.41, 5.74) is 0. The van der Waals surface area contributed by atoms with E-state index in [0.29, 0.717) is 6.42 Å². The van der Waals surface area contributed by atoms with Crippen molar-refractivity contribution >= 4 is 12.5 Å². The fraction of sp³-hybridized carbons (Fsp3) is 0.667. The van der Waals surface area contributed by atoms with Gasteiger partial charge in [0, 0.05) is 12.3 Å². The van der Waals surface area contributed by atoms with Gasteiger partial charge in [-0.15, -0.1) is 0 Å². The zero-order valence-corrected chi connectivity index (χ0v) is 4.90. The van der Waals surface area contributed by atoms with Gasteiger partial charge in [0.2, 0.25) is 6.29 Å². The molecule has 0 rings (SSSR count). The van der Waals surface area contributed by atoms with Crippen LogP contribution in [0.15, 0.2) is 0 Å². The Hall–Kier alpha value is -0.660. The molecule has 8 heavy (non-hydrogen) atoms. The minimum absolute atomic E-state index is 0.104. The van der Waals surface area contributed by atoms with Gasteiger partial charge in [-0.3, -0.25) is 4.79 Å². The highest BCUT2D eigenvalue weighted by molar-refractivity contribution is 5.63. The maximum atomic E-state index is 9.88. The largest absolute Gasteiger partial charge is 0.303 e. The van der Waals surface area contributed by atoms with Gasteiger partial charge in [-0.05, 0) is 6.42 Å². The molecule has 0 fully saturated rings. The van der Waals surface area contributed by atoms with E-state index in [2.05, 4.69) is 6.21 Å². The summed E-state index contributed by atoms with van der Waals surface area (Å²) in [4.78, 5) is 9.88. The molecule has 0 aliphatic rings. The average molecular weight is 111 g/mol. The minimum Gasteiger partial charge on any atom is -0.303 e.